The fraction of sp³-hybridized carbons (Fsp3) is 0.300. The molecule has 2 aromatic rings. The summed E-state index contributed by atoms with van der Waals surface area (Å²) >= 11 is 1.54. The Kier molecular flexibility index (Phi) is 5.92. The van der Waals surface area contributed by atoms with Gasteiger partial charge < -0.3 is 0 Å². The van der Waals surface area contributed by atoms with Crippen molar-refractivity contribution < 1.29 is 13.2 Å². The van der Waals surface area contributed by atoms with Gasteiger partial charge in [-0.3, -0.25) is 9.69 Å². The van der Waals surface area contributed by atoms with Gasteiger partial charge in [0.2, 0.25) is 10.0 Å². The van der Waals surface area contributed by atoms with E-state index in [1.165, 1.54) is 26.2 Å². The Bertz CT molecular complexity index is 1030. The van der Waals surface area contributed by atoms with Crippen molar-refractivity contribution in [3.63, 3.8) is 0 Å². The molecule has 1 fully saturated rings. The van der Waals surface area contributed by atoms with Gasteiger partial charge in [0.1, 0.15) is 0 Å². The van der Waals surface area contributed by atoms with Crippen molar-refractivity contribution in [1.29, 1.82) is 0 Å². The Labute approximate surface area is 170 Å². The Morgan fingerprint density at radius 2 is 1.89 bits per heavy atom. The molecule has 148 valence electrons. The van der Waals surface area contributed by atoms with Crippen LogP contribution in [0.15, 0.2) is 58.4 Å². The third-order valence-corrected chi connectivity index (χ3v) is 7.19. The Balaban J connectivity index is 1.95. The van der Waals surface area contributed by atoms with Crippen LogP contribution in [0.25, 0.3) is 0 Å². The van der Waals surface area contributed by atoms with Crippen LogP contribution in [0.1, 0.15) is 22.8 Å². The number of amidine groups is 1. The smallest absolute Gasteiger partial charge is 0.259 e. The summed E-state index contributed by atoms with van der Waals surface area (Å²) in [5.41, 5.74) is 2.21. The molecule has 0 N–H and O–H groups in total. The van der Waals surface area contributed by atoms with Crippen LogP contribution >= 0.6 is 11.8 Å². The van der Waals surface area contributed by atoms with Gasteiger partial charge in [0.25, 0.3) is 5.91 Å². The lowest BCUT2D eigenvalue weighted by atomic mass is 10.2. The van der Waals surface area contributed by atoms with Crippen LogP contribution in [0.3, 0.4) is 0 Å². The number of hydrogen-bond acceptors (Lipinski definition) is 5. The molecule has 0 saturated carbocycles. The number of aliphatic imine (C=N–C) groups is 1. The third-order valence-electron chi connectivity index (χ3n) is 4.31. The van der Waals surface area contributed by atoms with Crippen LogP contribution in [-0.2, 0) is 10.0 Å². The topological polar surface area (TPSA) is 70.0 Å². The van der Waals surface area contributed by atoms with Crippen LogP contribution in [0.4, 0.5) is 5.69 Å². The lowest BCUT2D eigenvalue weighted by Crippen LogP contribution is -2.32. The number of thioether (sulfide) groups is 1. The summed E-state index contributed by atoms with van der Waals surface area (Å²) in [5.74, 6) is -0.251. The van der Waals surface area contributed by atoms with Crippen molar-refractivity contribution in [2.75, 3.05) is 20.6 Å². The summed E-state index contributed by atoms with van der Waals surface area (Å²) in [4.78, 5) is 19.5. The first-order chi connectivity index (χ1) is 13.2. The maximum absolute atomic E-state index is 13.1. The number of hydrogen-bond donors (Lipinski definition) is 0. The zero-order valence-electron chi connectivity index (χ0n) is 16.3. The molecule has 28 heavy (non-hydrogen) atoms. The summed E-state index contributed by atoms with van der Waals surface area (Å²) < 4.78 is 25.9. The summed E-state index contributed by atoms with van der Waals surface area (Å²) in [6.45, 7) is 4.56. The SMILES string of the molecule is Cc1cccc(N=C2S[C@H](C)CN2C(=O)c2cccc(S(=O)(=O)N(C)C)c2)c1. The van der Waals surface area contributed by atoms with E-state index in [-0.39, 0.29) is 16.1 Å². The number of carbonyl (C=O) groups is 1. The van der Waals surface area contributed by atoms with Gasteiger partial charge in [0.15, 0.2) is 5.17 Å². The highest BCUT2D eigenvalue weighted by Gasteiger charge is 2.32. The maximum atomic E-state index is 13.1. The molecule has 1 aliphatic heterocycles. The molecule has 8 heteroatoms. The quantitative estimate of drug-likeness (QED) is 0.763. The highest BCUT2D eigenvalue weighted by atomic mass is 32.2. The van der Waals surface area contributed by atoms with Crippen molar-refractivity contribution in [3.05, 3.63) is 59.7 Å². The van der Waals surface area contributed by atoms with Gasteiger partial charge in [-0.25, -0.2) is 17.7 Å². The minimum Gasteiger partial charge on any atom is -0.286 e. The molecule has 1 amide bonds. The molecule has 0 aliphatic carbocycles. The summed E-state index contributed by atoms with van der Waals surface area (Å²) in [6.07, 6.45) is 0. The molecule has 0 radical (unpaired) electrons. The van der Waals surface area contributed by atoms with Gasteiger partial charge in [0.05, 0.1) is 10.6 Å². The lowest BCUT2D eigenvalue weighted by Gasteiger charge is -2.17. The van der Waals surface area contributed by atoms with E-state index >= 15 is 0 Å². The van der Waals surface area contributed by atoms with Gasteiger partial charge in [0, 0.05) is 31.5 Å². The first-order valence-corrected chi connectivity index (χ1v) is 11.2. The number of sulfonamides is 1. The molecule has 1 heterocycles. The normalized spacial score (nSPS) is 18.8. The van der Waals surface area contributed by atoms with Crippen LogP contribution < -0.4 is 0 Å². The Morgan fingerprint density at radius 3 is 2.57 bits per heavy atom. The molecule has 3 rings (SSSR count). The minimum absolute atomic E-state index is 0.0976. The van der Waals surface area contributed by atoms with Gasteiger partial charge >= 0.3 is 0 Å². The summed E-state index contributed by atoms with van der Waals surface area (Å²) in [5, 5.41) is 0.838. The van der Waals surface area contributed by atoms with E-state index in [1.54, 1.807) is 28.8 Å². The fourth-order valence-corrected chi connectivity index (χ4v) is 4.81. The van der Waals surface area contributed by atoms with E-state index < -0.39 is 10.0 Å². The van der Waals surface area contributed by atoms with Crippen molar-refractivity contribution in [2.24, 2.45) is 4.99 Å². The molecule has 1 atom stereocenters. The van der Waals surface area contributed by atoms with Gasteiger partial charge in [-0.15, -0.1) is 0 Å². The largest absolute Gasteiger partial charge is 0.286 e. The maximum Gasteiger partial charge on any atom is 0.259 e. The number of amides is 1. The van der Waals surface area contributed by atoms with E-state index in [2.05, 4.69) is 4.99 Å². The molecular weight excluding hydrogens is 394 g/mol. The molecule has 0 aromatic heterocycles. The zero-order valence-corrected chi connectivity index (χ0v) is 17.9. The van der Waals surface area contributed by atoms with Crippen molar-refractivity contribution >= 4 is 38.5 Å². The third kappa shape index (κ3) is 4.29. The summed E-state index contributed by atoms with van der Waals surface area (Å²) in [6, 6.07) is 13.9. The molecule has 6 nitrogen and oxygen atoms in total. The Hall–Kier alpha value is -2.16. The second-order valence-electron chi connectivity index (χ2n) is 6.89. The van der Waals surface area contributed by atoms with Gasteiger partial charge in [-0.1, -0.05) is 36.9 Å². The molecule has 0 spiro atoms. The van der Waals surface area contributed by atoms with Crippen LogP contribution in [0.5, 0.6) is 0 Å². The predicted octanol–water partition coefficient (Wildman–Crippen LogP) is 3.51. The number of benzene rings is 2. The average molecular weight is 418 g/mol. The van der Waals surface area contributed by atoms with E-state index in [4.69, 9.17) is 0 Å². The van der Waals surface area contributed by atoms with E-state index in [0.29, 0.717) is 17.3 Å². The number of nitrogens with zero attached hydrogens (tertiary/aromatic N) is 3. The van der Waals surface area contributed by atoms with Crippen molar-refractivity contribution in [1.82, 2.24) is 9.21 Å². The minimum atomic E-state index is -3.61. The highest BCUT2D eigenvalue weighted by molar-refractivity contribution is 8.14. The number of aryl methyl sites for hydroxylation is 1. The molecule has 0 bridgehead atoms. The summed E-state index contributed by atoms with van der Waals surface area (Å²) in [7, 11) is -0.672. The monoisotopic (exact) mass is 417 g/mol. The van der Waals surface area contributed by atoms with Crippen LogP contribution in [-0.4, -0.2) is 54.6 Å². The molecule has 2 aromatic carbocycles. The van der Waals surface area contributed by atoms with Crippen LogP contribution in [0, 0.1) is 6.92 Å². The first kappa shape index (κ1) is 20.6. The number of carbonyl (C=O) groups excluding carboxylic acids is 1. The standard InChI is InChI=1S/C20H23N3O3S2/c1-14-7-5-9-17(11-14)21-20-23(13-15(2)27-20)19(24)16-8-6-10-18(12-16)28(25,26)22(3)4/h5-12,15H,13H2,1-4H3/t15-/m1/s1. The molecule has 1 aliphatic rings. The predicted molar refractivity (Wildman–Crippen MR) is 114 cm³/mol. The second kappa shape index (κ2) is 8.06. The van der Waals surface area contributed by atoms with E-state index in [1.807, 2.05) is 38.1 Å². The molecule has 0 unspecified atom stereocenters. The van der Waals surface area contributed by atoms with Gasteiger partial charge in [-0.05, 0) is 42.8 Å². The molecular formula is C20H23N3O3S2. The van der Waals surface area contributed by atoms with Crippen LogP contribution in [0.2, 0.25) is 0 Å². The average Bonchev–Trinajstić information content (AvgIpc) is 3.01. The highest BCUT2D eigenvalue weighted by Crippen LogP contribution is 2.30. The second-order valence-corrected chi connectivity index (χ2v) is 10.5. The fourth-order valence-electron chi connectivity index (χ4n) is 2.84. The Morgan fingerprint density at radius 1 is 1.18 bits per heavy atom. The van der Waals surface area contributed by atoms with Gasteiger partial charge in [-0.2, -0.15) is 0 Å². The first-order valence-electron chi connectivity index (χ1n) is 8.85. The molecule has 1 saturated heterocycles. The van der Waals surface area contributed by atoms with E-state index in [9.17, 15) is 13.2 Å². The number of rotatable bonds is 4. The van der Waals surface area contributed by atoms with Crippen molar-refractivity contribution in [2.45, 2.75) is 24.0 Å². The van der Waals surface area contributed by atoms with E-state index in [0.717, 1.165) is 15.6 Å². The lowest BCUT2D eigenvalue weighted by molar-refractivity contribution is 0.0855. The van der Waals surface area contributed by atoms with Crippen molar-refractivity contribution in [3.8, 4) is 0 Å². The zero-order chi connectivity index (χ0) is 20.5.